The summed E-state index contributed by atoms with van der Waals surface area (Å²) in [6, 6.07) is 0. The fraction of sp³-hybridized carbons (Fsp3) is 0.500. The van der Waals surface area contributed by atoms with E-state index in [1.54, 1.807) is 11.3 Å². The minimum atomic E-state index is 0.251. The van der Waals surface area contributed by atoms with Crippen LogP contribution in [0.1, 0.15) is 36.0 Å². The molecule has 18 heavy (non-hydrogen) atoms. The van der Waals surface area contributed by atoms with Crippen molar-refractivity contribution in [1.82, 2.24) is 10.1 Å². The summed E-state index contributed by atoms with van der Waals surface area (Å²) >= 11 is 1.55. The van der Waals surface area contributed by atoms with Crippen molar-refractivity contribution in [1.29, 1.82) is 0 Å². The van der Waals surface area contributed by atoms with E-state index in [9.17, 15) is 0 Å². The summed E-state index contributed by atoms with van der Waals surface area (Å²) in [6.07, 6.45) is 0.859. The van der Waals surface area contributed by atoms with Gasteiger partial charge in [-0.3, -0.25) is 0 Å². The number of fused-ring (bicyclic) bond motifs is 1. The van der Waals surface area contributed by atoms with Crippen LogP contribution in [0.3, 0.4) is 0 Å². The monoisotopic (exact) mass is 265 g/mol. The lowest BCUT2D eigenvalue weighted by molar-refractivity contribution is 0.113. The number of aromatic nitrogens is 2. The van der Waals surface area contributed by atoms with Gasteiger partial charge in [-0.1, -0.05) is 19.0 Å². The van der Waals surface area contributed by atoms with Crippen LogP contribution in [0, 0.1) is 0 Å². The van der Waals surface area contributed by atoms with Crippen LogP contribution in [0.25, 0.3) is 11.5 Å². The second-order valence-corrected chi connectivity index (χ2v) is 5.79. The normalized spacial score (nSPS) is 15.1. The quantitative estimate of drug-likeness (QED) is 0.903. The van der Waals surface area contributed by atoms with E-state index in [1.807, 2.05) is 13.8 Å². The third kappa shape index (κ3) is 1.81. The highest BCUT2D eigenvalue weighted by Gasteiger charge is 2.25. The molecule has 0 saturated heterocycles. The maximum atomic E-state index is 6.07. The minimum absolute atomic E-state index is 0.251. The number of anilines is 1. The van der Waals surface area contributed by atoms with Gasteiger partial charge in [-0.25, -0.2) is 0 Å². The number of rotatable bonds is 2. The molecular weight excluding hydrogens is 250 g/mol. The van der Waals surface area contributed by atoms with Gasteiger partial charge in [0.1, 0.15) is 0 Å². The second kappa shape index (κ2) is 4.37. The van der Waals surface area contributed by atoms with Gasteiger partial charge >= 0.3 is 0 Å². The molecule has 2 N–H and O–H groups in total. The molecule has 0 aromatic carbocycles. The highest BCUT2D eigenvalue weighted by molar-refractivity contribution is 7.16. The average molecular weight is 265 g/mol. The Morgan fingerprint density at radius 1 is 1.39 bits per heavy atom. The van der Waals surface area contributed by atoms with Crippen molar-refractivity contribution in [3.8, 4) is 11.5 Å². The van der Waals surface area contributed by atoms with Crippen LogP contribution in [0.5, 0.6) is 0 Å². The van der Waals surface area contributed by atoms with Gasteiger partial charge in [0.15, 0.2) is 5.82 Å². The number of hydrogen-bond acceptors (Lipinski definition) is 6. The molecule has 0 atom stereocenters. The Labute approximate surface area is 109 Å². The van der Waals surface area contributed by atoms with E-state index >= 15 is 0 Å². The van der Waals surface area contributed by atoms with E-state index in [2.05, 4.69) is 10.1 Å². The topological polar surface area (TPSA) is 74.2 Å². The molecule has 1 aliphatic heterocycles. The third-order valence-electron chi connectivity index (χ3n) is 3.02. The van der Waals surface area contributed by atoms with E-state index in [4.69, 9.17) is 15.0 Å². The van der Waals surface area contributed by atoms with Crippen molar-refractivity contribution in [2.45, 2.75) is 32.8 Å². The van der Waals surface area contributed by atoms with E-state index < -0.39 is 0 Å². The Hall–Kier alpha value is -1.40. The van der Waals surface area contributed by atoms with Gasteiger partial charge in [-0.05, 0) is 12.0 Å². The summed E-state index contributed by atoms with van der Waals surface area (Å²) in [5, 5.41) is 4.73. The van der Waals surface area contributed by atoms with Crippen molar-refractivity contribution >= 4 is 16.3 Å². The molecule has 2 aromatic rings. The first kappa shape index (κ1) is 11.7. The number of ether oxygens (including phenoxy) is 1. The summed E-state index contributed by atoms with van der Waals surface area (Å²) in [5.41, 5.74) is 8.20. The van der Waals surface area contributed by atoms with Crippen LogP contribution in [0.2, 0.25) is 0 Å². The number of nitrogens with two attached hydrogens (primary N) is 1. The Kier molecular flexibility index (Phi) is 2.83. The summed E-state index contributed by atoms with van der Waals surface area (Å²) in [7, 11) is 0. The molecule has 0 fully saturated rings. The SMILES string of the molecule is CC(C)c1noc(-c2c(N)sc3c2CCOC3)n1. The molecule has 0 radical (unpaired) electrons. The molecule has 6 heteroatoms. The summed E-state index contributed by atoms with van der Waals surface area (Å²) in [4.78, 5) is 5.61. The van der Waals surface area contributed by atoms with E-state index in [-0.39, 0.29) is 5.92 Å². The first-order valence-electron chi connectivity index (χ1n) is 5.98. The van der Waals surface area contributed by atoms with E-state index in [1.165, 1.54) is 10.4 Å². The molecule has 0 amide bonds. The van der Waals surface area contributed by atoms with Gasteiger partial charge in [-0.15, -0.1) is 11.3 Å². The predicted molar refractivity (Wildman–Crippen MR) is 69.5 cm³/mol. The minimum Gasteiger partial charge on any atom is -0.390 e. The molecule has 0 saturated carbocycles. The molecular formula is C12H15N3O2S. The van der Waals surface area contributed by atoms with Crippen molar-refractivity contribution in [2.75, 3.05) is 12.3 Å². The van der Waals surface area contributed by atoms with Crippen LogP contribution in [0.4, 0.5) is 5.00 Å². The summed E-state index contributed by atoms with van der Waals surface area (Å²) in [5.74, 6) is 1.51. The van der Waals surface area contributed by atoms with Gasteiger partial charge in [0.05, 0.1) is 23.8 Å². The van der Waals surface area contributed by atoms with Gasteiger partial charge in [-0.2, -0.15) is 4.98 Å². The second-order valence-electron chi connectivity index (χ2n) is 4.66. The highest BCUT2D eigenvalue weighted by atomic mass is 32.1. The number of nitrogens with zero attached hydrogens (tertiary/aromatic N) is 2. The molecule has 2 aromatic heterocycles. The van der Waals surface area contributed by atoms with Crippen molar-refractivity contribution in [3.63, 3.8) is 0 Å². The van der Waals surface area contributed by atoms with Gasteiger partial charge in [0.2, 0.25) is 0 Å². The number of nitrogen functional groups attached to an aromatic ring is 1. The fourth-order valence-electron chi connectivity index (χ4n) is 2.06. The molecule has 0 aliphatic carbocycles. The predicted octanol–water partition coefficient (Wildman–Crippen LogP) is 2.58. The molecule has 3 heterocycles. The summed E-state index contributed by atoms with van der Waals surface area (Å²) in [6.45, 7) is 5.43. The van der Waals surface area contributed by atoms with E-state index in [0.29, 0.717) is 12.5 Å². The number of hydrogen-bond donors (Lipinski definition) is 1. The third-order valence-corrected chi connectivity index (χ3v) is 4.05. The van der Waals surface area contributed by atoms with Crippen LogP contribution in [-0.4, -0.2) is 16.7 Å². The van der Waals surface area contributed by atoms with Crippen molar-refractivity contribution < 1.29 is 9.26 Å². The van der Waals surface area contributed by atoms with Gasteiger partial charge in [0, 0.05) is 10.8 Å². The Morgan fingerprint density at radius 3 is 2.94 bits per heavy atom. The highest BCUT2D eigenvalue weighted by Crippen LogP contribution is 2.40. The van der Waals surface area contributed by atoms with Gasteiger partial charge in [0.25, 0.3) is 5.89 Å². The van der Waals surface area contributed by atoms with Crippen LogP contribution in [-0.2, 0) is 17.8 Å². The van der Waals surface area contributed by atoms with Crippen molar-refractivity contribution in [2.24, 2.45) is 0 Å². The fourth-order valence-corrected chi connectivity index (χ4v) is 3.11. The zero-order valence-electron chi connectivity index (χ0n) is 10.4. The van der Waals surface area contributed by atoms with Crippen LogP contribution in [0.15, 0.2) is 4.52 Å². The largest absolute Gasteiger partial charge is 0.390 e. The number of thiophene rings is 1. The molecule has 96 valence electrons. The van der Waals surface area contributed by atoms with Gasteiger partial charge < -0.3 is 15.0 Å². The molecule has 5 nitrogen and oxygen atoms in total. The molecule has 1 aliphatic rings. The lowest BCUT2D eigenvalue weighted by Crippen LogP contribution is -2.07. The lowest BCUT2D eigenvalue weighted by atomic mass is 10.1. The Morgan fingerprint density at radius 2 is 2.22 bits per heavy atom. The maximum absolute atomic E-state index is 6.07. The zero-order chi connectivity index (χ0) is 12.7. The molecule has 0 unspecified atom stereocenters. The standard InChI is InChI=1S/C12H15N3O2S/c1-6(2)11-14-12(17-15-11)9-7-3-4-16-5-8(7)18-10(9)13/h6H,3-5,13H2,1-2H3. The Balaban J connectivity index is 2.07. The molecule has 0 spiro atoms. The zero-order valence-corrected chi connectivity index (χ0v) is 11.2. The average Bonchev–Trinajstić information content (AvgIpc) is 2.91. The first-order valence-corrected chi connectivity index (χ1v) is 6.80. The maximum Gasteiger partial charge on any atom is 0.261 e. The van der Waals surface area contributed by atoms with Crippen LogP contribution >= 0.6 is 11.3 Å². The summed E-state index contributed by atoms with van der Waals surface area (Å²) < 4.78 is 10.8. The Bertz CT molecular complexity index is 574. The molecule has 3 rings (SSSR count). The lowest BCUT2D eigenvalue weighted by Gasteiger charge is -2.12. The van der Waals surface area contributed by atoms with Crippen molar-refractivity contribution in [3.05, 3.63) is 16.3 Å². The van der Waals surface area contributed by atoms with Crippen LogP contribution < -0.4 is 5.73 Å². The smallest absolute Gasteiger partial charge is 0.261 e. The first-order chi connectivity index (χ1) is 8.66. The van der Waals surface area contributed by atoms with E-state index in [0.717, 1.165) is 29.4 Å². The molecule has 0 bridgehead atoms.